The minimum absolute atomic E-state index is 0.680. The molecule has 0 bridgehead atoms. The largest absolute Gasteiger partial charge is 0.417 e. The first-order valence-corrected chi connectivity index (χ1v) is 3.31. The van der Waals surface area contributed by atoms with Crippen molar-refractivity contribution in [1.82, 2.24) is 0 Å². The van der Waals surface area contributed by atoms with Crippen molar-refractivity contribution in [3.8, 4) is 5.75 Å². The number of benzene rings is 1. The average Bonchev–Trinajstić information content (AvgIpc) is 2.33. The summed E-state index contributed by atoms with van der Waals surface area (Å²) in [5, 5.41) is 0. The van der Waals surface area contributed by atoms with Gasteiger partial charge in [-0.1, -0.05) is 6.07 Å². The maximum absolute atomic E-state index is 5.07. The van der Waals surface area contributed by atoms with Crippen LogP contribution in [0.25, 0.3) is 0 Å². The predicted octanol–water partition coefficient (Wildman–Crippen LogP) is 1.42. The smallest absolute Gasteiger partial charge is 0.165 e. The van der Waals surface area contributed by atoms with Gasteiger partial charge in [-0.15, -0.1) is 0 Å². The first-order valence-electron chi connectivity index (χ1n) is 2.55. The van der Waals surface area contributed by atoms with Crippen molar-refractivity contribution in [2.45, 2.75) is 0 Å². The van der Waals surface area contributed by atoms with Gasteiger partial charge in [-0.2, -0.15) is 4.36 Å². The quantitative estimate of drug-likeness (QED) is 0.538. The van der Waals surface area contributed by atoms with Crippen LogP contribution in [0.5, 0.6) is 5.75 Å². The van der Waals surface area contributed by atoms with E-state index >= 15 is 0 Å². The summed E-state index contributed by atoms with van der Waals surface area (Å²) in [5.74, 6) is 0.833. The van der Waals surface area contributed by atoms with Gasteiger partial charge in [0.15, 0.2) is 5.75 Å². The van der Waals surface area contributed by atoms with Gasteiger partial charge in [-0.05, 0) is 18.2 Å². The molecule has 1 aliphatic heterocycles. The Balaban J connectivity index is 2.63. The lowest BCUT2D eigenvalue weighted by Crippen LogP contribution is -1.73. The Hall–Kier alpha value is -0.830. The van der Waals surface area contributed by atoms with E-state index in [0.717, 1.165) is 11.4 Å². The van der Waals surface area contributed by atoms with Crippen molar-refractivity contribution in [2.75, 3.05) is 0 Å². The molecule has 1 aromatic carbocycles. The van der Waals surface area contributed by atoms with Crippen molar-refractivity contribution in [3.63, 3.8) is 0 Å². The molecule has 3 heteroatoms. The molecule has 2 rings (SSSR count). The maximum Gasteiger partial charge on any atom is 0.165 e. The highest BCUT2D eigenvalue weighted by molar-refractivity contribution is 7.63. The normalized spacial score (nSPS) is 13.8. The van der Waals surface area contributed by atoms with Gasteiger partial charge in [-0.3, -0.25) is 0 Å². The summed E-state index contributed by atoms with van der Waals surface area (Å²) in [6.07, 6.45) is 0. The fourth-order valence-electron chi connectivity index (χ4n) is 0.671. The van der Waals surface area contributed by atoms with Crippen molar-refractivity contribution < 1.29 is 4.18 Å². The maximum atomic E-state index is 5.07. The van der Waals surface area contributed by atoms with Crippen molar-refractivity contribution >= 4 is 17.5 Å². The molecule has 9 heavy (non-hydrogen) atoms. The number of rotatable bonds is 0. The topological polar surface area (TPSA) is 21.6 Å². The van der Waals surface area contributed by atoms with Crippen LogP contribution in [-0.2, 0) is 11.8 Å². The van der Waals surface area contributed by atoms with Crippen LogP contribution < -0.4 is 4.18 Å². The second kappa shape index (κ2) is 1.84. The Morgan fingerprint density at radius 1 is 1.67 bits per heavy atom. The van der Waals surface area contributed by atoms with E-state index in [0.29, 0.717) is 11.8 Å². The zero-order valence-corrected chi connectivity index (χ0v) is 5.43. The van der Waals surface area contributed by atoms with E-state index in [1.165, 1.54) is 0 Å². The van der Waals surface area contributed by atoms with Crippen LogP contribution >= 0.6 is 0 Å². The third-order valence-electron chi connectivity index (χ3n) is 1.09. The van der Waals surface area contributed by atoms with Gasteiger partial charge in [0.2, 0.25) is 0 Å². The molecule has 0 aromatic heterocycles. The lowest BCUT2D eigenvalue weighted by atomic mass is 10.3. The number of fused-ring (bicyclic) bond motifs is 1. The Kier molecular flexibility index (Phi) is 1.02. The van der Waals surface area contributed by atoms with E-state index in [1.807, 2.05) is 12.1 Å². The average molecular weight is 138 g/mol. The van der Waals surface area contributed by atoms with Gasteiger partial charge >= 0.3 is 0 Å². The summed E-state index contributed by atoms with van der Waals surface area (Å²) < 4.78 is 9.10. The van der Waals surface area contributed by atoms with Crippen LogP contribution in [0.15, 0.2) is 22.6 Å². The highest BCUT2D eigenvalue weighted by Gasteiger charge is 2.03. The molecule has 0 saturated heterocycles. The molecule has 1 radical (unpaired) electrons. The van der Waals surface area contributed by atoms with Gasteiger partial charge in [0.05, 0.1) is 11.8 Å². The van der Waals surface area contributed by atoms with Gasteiger partial charge in [0.1, 0.15) is 5.69 Å². The highest BCUT2D eigenvalue weighted by Crippen LogP contribution is 2.30. The first-order chi connectivity index (χ1) is 4.47. The number of hydrogen-bond acceptors (Lipinski definition) is 2. The Morgan fingerprint density at radius 3 is 3.56 bits per heavy atom. The van der Waals surface area contributed by atoms with Crippen LogP contribution in [0.2, 0.25) is 0 Å². The molecule has 0 spiro atoms. The standard InChI is InChI=1S/C6H4NOS/c1-2-4-6-5(3-1)7-9-8-6/h1,3-4,9H. The van der Waals surface area contributed by atoms with E-state index in [4.69, 9.17) is 4.18 Å². The molecule has 1 aliphatic rings. The third kappa shape index (κ3) is 0.733. The molecule has 0 fully saturated rings. The molecule has 0 saturated carbocycles. The van der Waals surface area contributed by atoms with Crippen LogP contribution in [-0.4, -0.2) is 0 Å². The SMILES string of the molecule is [c]1ccc2c(c1)O[SH]=N2. The summed E-state index contributed by atoms with van der Waals surface area (Å²) >= 11 is 0.680. The van der Waals surface area contributed by atoms with Gasteiger partial charge in [0, 0.05) is 0 Å². The number of hydrogen-bond donors (Lipinski definition) is 1. The zero-order valence-electron chi connectivity index (χ0n) is 4.53. The second-order valence-corrected chi connectivity index (χ2v) is 2.21. The molecule has 45 valence electrons. The first kappa shape index (κ1) is 4.99. The van der Waals surface area contributed by atoms with E-state index < -0.39 is 0 Å². The monoisotopic (exact) mass is 138 g/mol. The number of nitrogens with zero attached hydrogens (tertiary/aromatic N) is 1. The van der Waals surface area contributed by atoms with Crippen molar-refractivity contribution in [1.29, 1.82) is 0 Å². The molecule has 0 aliphatic carbocycles. The summed E-state index contributed by atoms with van der Waals surface area (Å²) in [4.78, 5) is 0. The molecule has 2 nitrogen and oxygen atoms in total. The van der Waals surface area contributed by atoms with E-state index in [9.17, 15) is 0 Å². The summed E-state index contributed by atoms with van der Waals surface area (Å²) in [7, 11) is 0. The van der Waals surface area contributed by atoms with Crippen LogP contribution in [0, 0.1) is 6.07 Å². The fraction of sp³-hybridized carbons (Fsp3) is 0. The van der Waals surface area contributed by atoms with Crippen LogP contribution in [0.1, 0.15) is 0 Å². The molecular weight excluding hydrogens is 134 g/mol. The van der Waals surface area contributed by atoms with Gasteiger partial charge in [-0.25, -0.2) is 0 Å². The van der Waals surface area contributed by atoms with E-state index in [2.05, 4.69) is 10.4 Å². The predicted molar refractivity (Wildman–Crippen MR) is 36.8 cm³/mol. The molecule has 0 N–H and O–H groups in total. The summed E-state index contributed by atoms with van der Waals surface area (Å²) in [5.41, 5.74) is 0.926. The Labute approximate surface area is 56.8 Å². The Bertz CT molecular complexity index is 259. The minimum atomic E-state index is 0.680. The van der Waals surface area contributed by atoms with Crippen molar-refractivity contribution in [3.05, 3.63) is 24.3 Å². The van der Waals surface area contributed by atoms with E-state index in [1.54, 1.807) is 6.07 Å². The molecule has 1 aromatic rings. The third-order valence-corrected chi connectivity index (χ3v) is 1.67. The number of thiol groups is 1. The fourth-order valence-corrected chi connectivity index (χ4v) is 1.20. The van der Waals surface area contributed by atoms with Gasteiger partial charge in [0.25, 0.3) is 0 Å². The van der Waals surface area contributed by atoms with Gasteiger partial charge < -0.3 is 4.18 Å². The lowest BCUT2D eigenvalue weighted by Gasteiger charge is -1.90. The molecule has 0 amide bonds. The van der Waals surface area contributed by atoms with E-state index in [-0.39, 0.29) is 0 Å². The van der Waals surface area contributed by atoms with Crippen LogP contribution in [0.4, 0.5) is 5.69 Å². The summed E-state index contributed by atoms with van der Waals surface area (Å²) in [6.45, 7) is 0. The molecule has 1 heterocycles. The van der Waals surface area contributed by atoms with Crippen LogP contribution in [0.3, 0.4) is 0 Å². The second-order valence-electron chi connectivity index (χ2n) is 1.67. The highest BCUT2D eigenvalue weighted by atomic mass is 32.2. The molecule has 0 atom stereocenters. The Morgan fingerprint density at radius 2 is 2.67 bits per heavy atom. The summed E-state index contributed by atoms with van der Waals surface area (Å²) in [6, 6.07) is 8.40. The lowest BCUT2D eigenvalue weighted by molar-refractivity contribution is 0.662. The minimum Gasteiger partial charge on any atom is -0.417 e. The molecular formula is C6H4NOS. The zero-order chi connectivity index (χ0) is 6.10. The van der Waals surface area contributed by atoms with Crippen molar-refractivity contribution in [2.24, 2.45) is 4.36 Å². The molecule has 0 unspecified atom stereocenters.